The molecule has 0 amide bonds. The Labute approximate surface area is 181 Å². The summed E-state index contributed by atoms with van der Waals surface area (Å²) in [6.45, 7) is 0. The van der Waals surface area contributed by atoms with Gasteiger partial charge in [0.15, 0.2) is 0 Å². The number of anilines is 2. The average molecular weight is 443 g/mol. The predicted molar refractivity (Wildman–Crippen MR) is 122 cm³/mol. The second kappa shape index (κ2) is 8.06. The fraction of sp³-hybridized carbons (Fsp3) is 0.0952. The number of fused-ring (bicyclic) bond motifs is 1. The number of rotatable bonds is 4. The maximum Gasteiger partial charge on any atom is 0.251 e. The fourth-order valence-electron chi connectivity index (χ4n) is 3.04. The van der Waals surface area contributed by atoms with Crippen molar-refractivity contribution in [1.29, 1.82) is 0 Å². The quantitative estimate of drug-likeness (QED) is 0.406. The van der Waals surface area contributed by atoms with Crippen LogP contribution in [-0.2, 0) is 7.05 Å². The highest BCUT2D eigenvalue weighted by molar-refractivity contribution is 7.98. The molecule has 2 aromatic heterocycles. The molecule has 0 saturated heterocycles. The number of halogens is 2. The first-order valence-electron chi connectivity index (χ1n) is 8.71. The van der Waals surface area contributed by atoms with Crippen LogP contribution in [0.15, 0.2) is 64.3 Å². The summed E-state index contributed by atoms with van der Waals surface area (Å²) in [5, 5.41) is 4.86. The topological polar surface area (TPSA) is 59.8 Å². The van der Waals surface area contributed by atoms with Gasteiger partial charge in [-0.05, 0) is 42.7 Å². The highest BCUT2D eigenvalue weighted by Crippen LogP contribution is 2.37. The zero-order chi connectivity index (χ0) is 20.5. The fourth-order valence-corrected chi connectivity index (χ4v) is 4.07. The molecule has 1 N–H and O–H groups in total. The van der Waals surface area contributed by atoms with E-state index < -0.39 is 0 Å². The van der Waals surface area contributed by atoms with E-state index in [1.54, 1.807) is 43.1 Å². The number of thioether (sulfide) groups is 1. The molecule has 2 heterocycles. The Bertz CT molecular complexity index is 1270. The SMILES string of the molecule is CSc1cccc(Nc2nc(-c3c(Cl)cccc3Cl)c3ccc(=O)n(C)c3n2)c1. The summed E-state index contributed by atoms with van der Waals surface area (Å²) in [4.78, 5) is 22.6. The van der Waals surface area contributed by atoms with Crippen molar-refractivity contribution in [3.05, 3.63) is 75.0 Å². The average Bonchev–Trinajstić information content (AvgIpc) is 2.71. The zero-order valence-corrected chi connectivity index (χ0v) is 17.9. The largest absolute Gasteiger partial charge is 0.324 e. The van der Waals surface area contributed by atoms with E-state index in [1.165, 1.54) is 10.6 Å². The Balaban J connectivity index is 1.97. The molecule has 0 unspecified atom stereocenters. The number of aryl methyl sites for hydroxylation is 1. The van der Waals surface area contributed by atoms with Crippen molar-refractivity contribution in [1.82, 2.24) is 14.5 Å². The van der Waals surface area contributed by atoms with Crippen LogP contribution in [0, 0.1) is 0 Å². The van der Waals surface area contributed by atoms with Gasteiger partial charge < -0.3 is 5.32 Å². The Kier molecular flexibility index (Phi) is 5.50. The summed E-state index contributed by atoms with van der Waals surface area (Å²) < 4.78 is 1.48. The Hall–Kier alpha value is -2.54. The van der Waals surface area contributed by atoms with Crippen molar-refractivity contribution >= 4 is 57.6 Å². The Morgan fingerprint density at radius 3 is 2.45 bits per heavy atom. The summed E-state index contributed by atoms with van der Waals surface area (Å²) in [7, 11) is 1.67. The third-order valence-electron chi connectivity index (χ3n) is 4.49. The van der Waals surface area contributed by atoms with Gasteiger partial charge in [0, 0.05) is 34.6 Å². The molecule has 0 radical (unpaired) electrons. The highest BCUT2D eigenvalue weighted by atomic mass is 35.5. The van der Waals surface area contributed by atoms with Crippen LogP contribution in [-0.4, -0.2) is 20.8 Å². The predicted octanol–water partition coefficient (Wildman–Crippen LogP) is 5.77. The number of nitrogens with one attached hydrogen (secondary N) is 1. The molecule has 0 aliphatic heterocycles. The summed E-state index contributed by atoms with van der Waals surface area (Å²) in [5.74, 6) is 0.350. The summed E-state index contributed by atoms with van der Waals surface area (Å²) in [6.07, 6.45) is 2.01. The lowest BCUT2D eigenvalue weighted by atomic mass is 10.1. The number of benzene rings is 2. The monoisotopic (exact) mass is 442 g/mol. The van der Waals surface area contributed by atoms with Crippen LogP contribution in [0.1, 0.15) is 0 Å². The van der Waals surface area contributed by atoms with Gasteiger partial charge in [-0.3, -0.25) is 9.36 Å². The second-order valence-electron chi connectivity index (χ2n) is 6.32. The first-order valence-corrected chi connectivity index (χ1v) is 10.7. The van der Waals surface area contributed by atoms with Crippen LogP contribution < -0.4 is 10.9 Å². The minimum absolute atomic E-state index is 0.164. The lowest BCUT2D eigenvalue weighted by molar-refractivity contribution is 0.885. The molecule has 146 valence electrons. The smallest absolute Gasteiger partial charge is 0.251 e. The lowest BCUT2D eigenvalue weighted by Gasteiger charge is -2.14. The second-order valence-corrected chi connectivity index (χ2v) is 8.01. The van der Waals surface area contributed by atoms with Crippen LogP contribution in [0.25, 0.3) is 22.3 Å². The minimum Gasteiger partial charge on any atom is -0.324 e. The first kappa shape index (κ1) is 19.8. The van der Waals surface area contributed by atoms with E-state index in [2.05, 4.69) is 10.3 Å². The molecule has 0 aliphatic carbocycles. The van der Waals surface area contributed by atoms with Crippen LogP contribution in [0.4, 0.5) is 11.6 Å². The van der Waals surface area contributed by atoms with Gasteiger partial charge in [0.1, 0.15) is 5.65 Å². The van der Waals surface area contributed by atoms with E-state index in [9.17, 15) is 4.79 Å². The summed E-state index contributed by atoms with van der Waals surface area (Å²) in [6, 6.07) is 16.4. The standard InChI is InChI=1S/C21H16Cl2N4OS/c1-27-17(28)10-9-14-19(18-15(22)7-4-8-16(18)23)25-21(26-20(14)27)24-12-5-3-6-13(11-12)29-2/h3-11H,1-2H3,(H,24,25,26). The summed E-state index contributed by atoms with van der Waals surface area (Å²) in [5.41, 5.74) is 2.32. The maximum atomic E-state index is 12.2. The van der Waals surface area contributed by atoms with Crippen LogP contribution in [0.3, 0.4) is 0 Å². The van der Waals surface area contributed by atoms with Gasteiger partial charge in [0.05, 0.1) is 15.7 Å². The number of hydrogen-bond donors (Lipinski definition) is 1. The molecule has 5 nitrogen and oxygen atoms in total. The summed E-state index contributed by atoms with van der Waals surface area (Å²) >= 11 is 14.5. The van der Waals surface area contributed by atoms with Crippen molar-refractivity contribution in [2.45, 2.75) is 4.90 Å². The number of hydrogen-bond acceptors (Lipinski definition) is 5. The highest BCUT2D eigenvalue weighted by Gasteiger charge is 2.17. The normalized spacial score (nSPS) is 11.0. The first-order chi connectivity index (χ1) is 14.0. The van der Waals surface area contributed by atoms with Gasteiger partial charge in [0.25, 0.3) is 5.56 Å². The Morgan fingerprint density at radius 1 is 1.00 bits per heavy atom. The van der Waals surface area contributed by atoms with Crippen LogP contribution in [0.2, 0.25) is 10.0 Å². The molecule has 0 fully saturated rings. The number of nitrogens with zero attached hydrogens (tertiary/aromatic N) is 3. The zero-order valence-electron chi connectivity index (χ0n) is 15.6. The minimum atomic E-state index is -0.164. The van der Waals surface area contributed by atoms with Gasteiger partial charge in [-0.15, -0.1) is 11.8 Å². The lowest BCUT2D eigenvalue weighted by Crippen LogP contribution is -2.17. The third-order valence-corrected chi connectivity index (χ3v) is 5.85. The van der Waals surface area contributed by atoms with E-state index in [-0.39, 0.29) is 5.56 Å². The molecular formula is C21H16Cl2N4OS. The van der Waals surface area contributed by atoms with Crippen LogP contribution >= 0.6 is 35.0 Å². The molecule has 0 aliphatic rings. The molecule has 0 saturated carbocycles. The molecule has 8 heteroatoms. The molecule has 0 bridgehead atoms. The van der Waals surface area contributed by atoms with E-state index in [0.717, 1.165) is 10.6 Å². The van der Waals surface area contributed by atoms with Crippen molar-refractivity contribution < 1.29 is 0 Å². The van der Waals surface area contributed by atoms with Crippen molar-refractivity contribution in [2.24, 2.45) is 7.05 Å². The molecule has 29 heavy (non-hydrogen) atoms. The van der Waals surface area contributed by atoms with E-state index in [0.29, 0.717) is 38.3 Å². The third kappa shape index (κ3) is 3.83. The molecule has 4 aromatic rings. The van der Waals surface area contributed by atoms with E-state index in [4.69, 9.17) is 28.2 Å². The molecule has 4 rings (SSSR count). The molecular weight excluding hydrogens is 427 g/mol. The Morgan fingerprint density at radius 2 is 1.72 bits per heavy atom. The van der Waals surface area contributed by atoms with Gasteiger partial charge in [-0.2, -0.15) is 4.98 Å². The van der Waals surface area contributed by atoms with E-state index >= 15 is 0 Å². The van der Waals surface area contributed by atoms with Gasteiger partial charge in [-0.1, -0.05) is 35.3 Å². The molecule has 0 atom stereocenters. The molecule has 2 aromatic carbocycles. The van der Waals surface area contributed by atoms with Crippen molar-refractivity contribution in [3.63, 3.8) is 0 Å². The van der Waals surface area contributed by atoms with Crippen LogP contribution in [0.5, 0.6) is 0 Å². The van der Waals surface area contributed by atoms with E-state index in [1.807, 2.05) is 30.5 Å². The molecule has 0 spiro atoms. The number of aromatic nitrogens is 3. The van der Waals surface area contributed by atoms with Crippen molar-refractivity contribution in [3.8, 4) is 11.3 Å². The number of pyridine rings is 1. The van der Waals surface area contributed by atoms with Gasteiger partial charge >= 0.3 is 0 Å². The van der Waals surface area contributed by atoms with Gasteiger partial charge in [-0.25, -0.2) is 4.98 Å². The van der Waals surface area contributed by atoms with Crippen molar-refractivity contribution in [2.75, 3.05) is 11.6 Å². The van der Waals surface area contributed by atoms with Gasteiger partial charge in [0.2, 0.25) is 5.95 Å². The maximum absolute atomic E-state index is 12.2.